The van der Waals surface area contributed by atoms with Crippen molar-refractivity contribution >= 4 is 23.2 Å². The van der Waals surface area contributed by atoms with Crippen LogP contribution < -0.4 is 10.6 Å². The maximum absolute atomic E-state index is 12.8. The summed E-state index contributed by atoms with van der Waals surface area (Å²) in [6, 6.07) is 9.98. The Kier molecular flexibility index (Phi) is 6.89. The molecule has 0 spiro atoms. The summed E-state index contributed by atoms with van der Waals surface area (Å²) in [5, 5.41) is 16.5. The molecular formula is C22H29N5O2. The van der Waals surface area contributed by atoms with Crippen molar-refractivity contribution in [2.75, 3.05) is 31.6 Å². The van der Waals surface area contributed by atoms with Gasteiger partial charge in [0.2, 0.25) is 0 Å². The number of esters is 1. The van der Waals surface area contributed by atoms with E-state index in [0.29, 0.717) is 24.1 Å². The van der Waals surface area contributed by atoms with Crippen LogP contribution in [-0.4, -0.2) is 49.0 Å². The average molecular weight is 396 g/mol. The zero-order valence-corrected chi connectivity index (χ0v) is 17.4. The Morgan fingerprint density at radius 1 is 1.38 bits per heavy atom. The number of nitrogens with one attached hydrogen (secondary N) is 2. The second-order valence-electron chi connectivity index (χ2n) is 7.52. The number of amidine groups is 1. The Hall–Kier alpha value is -2.85. The first kappa shape index (κ1) is 20.9. The molecule has 29 heavy (non-hydrogen) atoms. The van der Waals surface area contributed by atoms with Crippen molar-refractivity contribution in [3.63, 3.8) is 0 Å². The van der Waals surface area contributed by atoms with Crippen LogP contribution in [0.5, 0.6) is 0 Å². The molecule has 1 aromatic rings. The van der Waals surface area contributed by atoms with E-state index in [9.17, 15) is 10.1 Å². The molecule has 2 aliphatic heterocycles. The monoisotopic (exact) mass is 395 g/mol. The van der Waals surface area contributed by atoms with E-state index >= 15 is 0 Å². The molecule has 0 amide bonds. The summed E-state index contributed by atoms with van der Waals surface area (Å²) in [6.07, 6.45) is 1.86. The molecular weight excluding hydrogens is 366 g/mol. The molecule has 1 unspecified atom stereocenters. The minimum Gasteiger partial charge on any atom is -0.461 e. The third kappa shape index (κ3) is 4.77. The summed E-state index contributed by atoms with van der Waals surface area (Å²) in [6.45, 7) is 8.87. The first-order valence-corrected chi connectivity index (χ1v) is 10.3. The number of hydrogen-bond donors (Lipinski definition) is 2. The van der Waals surface area contributed by atoms with Crippen molar-refractivity contribution in [3.8, 4) is 6.07 Å². The van der Waals surface area contributed by atoms with Crippen LogP contribution in [0.4, 0.5) is 11.4 Å². The van der Waals surface area contributed by atoms with E-state index in [1.165, 1.54) is 0 Å². The van der Waals surface area contributed by atoms with Gasteiger partial charge in [0.1, 0.15) is 11.8 Å². The number of rotatable bonds is 5. The Balaban J connectivity index is 1.96. The van der Waals surface area contributed by atoms with Gasteiger partial charge in [0.15, 0.2) is 11.4 Å². The summed E-state index contributed by atoms with van der Waals surface area (Å²) in [4.78, 5) is 19.7. The van der Waals surface area contributed by atoms with Gasteiger partial charge < -0.3 is 20.3 Å². The SMILES string of the molecule is CCC(CC)COC(=O)/C(C#N)=C1\Nc2ccccc2N=C1N1CCNC(C)C1. The Labute approximate surface area is 172 Å². The first-order chi connectivity index (χ1) is 14.1. The maximum atomic E-state index is 12.8. The van der Waals surface area contributed by atoms with Gasteiger partial charge in [0, 0.05) is 25.7 Å². The first-order valence-electron chi connectivity index (χ1n) is 10.3. The van der Waals surface area contributed by atoms with Crippen LogP contribution in [0, 0.1) is 17.2 Å². The molecule has 1 atom stereocenters. The normalized spacial score (nSPS) is 20.3. The van der Waals surface area contributed by atoms with Crippen molar-refractivity contribution < 1.29 is 9.53 Å². The number of anilines is 1. The number of para-hydroxylation sites is 2. The van der Waals surface area contributed by atoms with Gasteiger partial charge >= 0.3 is 5.97 Å². The second-order valence-corrected chi connectivity index (χ2v) is 7.52. The van der Waals surface area contributed by atoms with Crippen LogP contribution in [0.1, 0.15) is 33.6 Å². The maximum Gasteiger partial charge on any atom is 0.351 e. The highest BCUT2D eigenvalue weighted by Gasteiger charge is 2.30. The minimum atomic E-state index is -0.600. The van der Waals surface area contributed by atoms with E-state index in [0.717, 1.165) is 43.9 Å². The van der Waals surface area contributed by atoms with E-state index in [1.54, 1.807) is 0 Å². The van der Waals surface area contributed by atoms with Crippen molar-refractivity contribution in [2.45, 2.75) is 39.7 Å². The molecule has 1 aromatic carbocycles. The Bertz CT molecular complexity index is 851. The Morgan fingerprint density at radius 2 is 2.14 bits per heavy atom. The van der Waals surface area contributed by atoms with E-state index in [1.807, 2.05) is 24.3 Å². The highest BCUT2D eigenvalue weighted by atomic mass is 16.5. The second kappa shape index (κ2) is 9.57. The van der Waals surface area contributed by atoms with Gasteiger partial charge in [0.05, 0.1) is 18.0 Å². The lowest BCUT2D eigenvalue weighted by Crippen LogP contribution is -2.52. The number of fused-ring (bicyclic) bond motifs is 1. The van der Waals surface area contributed by atoms with E-state index < -0.39 is 5.97 Å². The van der Waals surface area contributed by atoms with Gasteiger partial charge in [-0.3, -0.25) is 0 Å². The number of nitriles is 1. The molecule has 0 aromatic heterocycles. The molecule has 0 radical (unpaired) electrons. The highest BCUT2D eigenvalue weighted by molar-refractivity contribution is 6.12. The van der Waals surface area contributed by atoms with Gasteiger partial charge in [-0.25, -0.2) is 9.79 Å². The third-order valence-corrected chi connectivity index (χ3v) is 5.45. The van der Waals surface area contributed by atoms with Gasteiger partial charge in [-0.2, -0.15) is 5.26 Å². The number of benzene rings is 1. The van der Waals surface area contributed by atoms with Gasteiger partial charge in [-0.05, 0) is 25.0 Å². The molecule has 0 saturated carbocycles. The highest BCUT2D eigenvalue weighted by Crippen LogP contribution is 2.33. The smallest absolute Gasteiger partial charge is 0.351 e. The van der Waals surface area contributed by atoms with Crippen LogP contribution in [0.25, 0.3) is 0 Å². The van der Waals surface area contributed by atoms with E-state index in [-0.39, 0.29) is 11.6 Å². The number of ether oxygens (including phenoxy) is 1. The van der Waals surface area contributed by atoms with Crippen LogP contribution in [0.3, 0.4) is 0 Å². The topological polar surface area (TPSA) is 89.8 Å². The molecule has 7 heteroatoms. The van der Waals surface area contributed by atoms with E-state index in [4.69, 9.17) is 9.73 Å². The summed E-state index contributed by atoms with van der Waals surface area (Å²) in [7, 11) is 0. The van der Waals surface area contributed by atoms with Crippen LogP contribution in [0.2, 0.25) is 0 Å². The lowest BCUT2D eigenvalue weighted by Gasteiger charge is -2.36. The molecule has 2 N–H and O–H groups in total. The molecule has 3 rings (SSSR count). The molecule has 2 heterocycles. The average Bonchev–Trinajstić information content (AvgIpc) is 2.74. The number of carbonyl (C=O) groups excluding carboxylic acids is 1. The predicted octanol–water partition coefficient (Wildman–Crippen LogP) is 3.19. The predicted molar refractivity (Wildman–Crippen MR) is 114 cm³/mol. The molecule has 0 aliphatic carbocycles. The largest absolute Gasteiger partial charge is 0.461 e. The quantitative estimate of drug-likeness (QED) is 0.452. The third-order valence-electron chi connectivity index (χ3n) is 5.45. The zero-order chi connectivity index (χ0) is 20.8. The lowest BCUT2D eigenvalue weighted by molar-refractivity contribution is -0.140. The van der Waals surface area contributed by atoms with Crippen molar-refractivity contribution in [3.05, 3.63) is 35.5 Å². The fourth-order valence-corrected chi connectivity index (χ4v) is 3.56. The summed E-state index contributed by atoms with van der Waals surface area (Å²) in [5.41, 5.74) is 1.96. The summed E-state index contributed by atoms with van der Waals surface area (Å²) >= 11 is 0. The fraction of sp³-hybridized carbons (Fsp3) is 0.500. The molecule has 1 saturated heterocycles. The fourth-order valence-electron chi connectivity index (χ4n) is 3.56. The number of hydrogen-bond acceptors (Lipinski definition) is 7. The molecule has 154 valence electrons. The van der Waals surface area contributed by atoms with Crippen molar-refractivity contribution in [2.24, 2.45) is 10.9 Å². The minimum absolute atomic E-state index is 0.0320. The van der Waals surface area contributed by atoms with Gasteiger partial charge in [0.25, 0.3) is 0 Å². The lowest BCUT2D eigenvalue weighted by atomic mass is 10.1. The van der Waals surface area contributed by atoms with E-state index in [2.05, 4.69) is 42.4 Å². The summed E-state index contributed by atoms with van der Waals surface area (Å²) < 4.78 is 5.49. The van der Waals surface area contributed by atoms with Crippen molar-refractivity contribution in [1.82, 2.24) is 10.2 Å². The standard InChI is InChI=1S/C22H29N5O2/c1-4-16(5-2)14-29-22(28)17(12-23)20-21(27-11-10-24-15(3)13-27)26-19-9-7-6-8-18(19)25-20/h6-9,15-16,24-25H,4-5,10-11,13-14H2,1-3H3/b20-17-. The van der Waals surface area contributed by atoms with Gasteiger partial charge in [-0.15, -0.1) is 0 Å². The molecule has 1 fully saturated rings. The number of piperazine rings is 1. The van der Waals surface area contributed by atoms with Crippen LogP contribution in [-0.2, 0) is 9.53 Å². The Morgan fingerprint density at radius 3 is 2.83 bits per heavy atom. The van der Waals surface area contributed by atoms with Crippen molar-refractivity contribution in [1.29, 1.82) is 5.26 Å². The van der Waals surface area contributed by atoms with Gasteiger partial charge in [-0.1, -0.05) is 38.8 Å². The van der Waals surface area contributed by atoms with Crippen LogP contribution >= 0.6 is 0 Å². The molecule has 0 bridgehead atoms. The summed E-state index contributed by atoms with van der Waals surface area (Å²) in [5.74, 6) is 0.316. The van der Waals surface area contributed by atoms with Crippen LogP contribution in [0.15, 0.2) is 40.5 Å². The zero-order valence-electron chi connectivity index (χ0n) is 17.4. The number of carbonyl (C=O) groups is 1. The number of nitrogens with zero attached hydrogens (tertiary/aromatic N) is 3. The molecule has 7 nitrogen and oxygen atoms in total. The number of aliphatic imine (C=N–C) groups is 1. The molecule has 2 aliphatic rings.